The van der Waals surface area contributed by atoms with Gasteiger partial charge in [-0.05, 0) is 23.9 Å². The Hall–Kier alpha value is -1.75. The van der Waals surface area contributed by atoms with E-state index in [-0.39, 0.29) is 0 Å². The van der Waals surface area contributed by atoms with Crippen molar-refractivity contribution in [2.24, 2.45) is 0 Å². The van der Waals surface area contributed by atoms with Gasteiger partial charge in [-0.25, -0.2) is 0 Å². The fraction of sp³-hybridized carbons (Fsp3) is 0.250. The molecule has 0 radical (unpaired) electrons. The van der Waals surface area contributed by atoms with Crippen molar-refractivity contribution < 1.29 is 4.74 Å². The summed E-state index contributed by atoms with van der Waals surface area (Å²) in [6.07, 6.45) is 0.968. The normalized spacial score (nSPS) is 10.2. The molecule has 0 spiro atoms. The van der Waals surface area contributed by atoms with Crippen LogP contribution in [0.1, 0.15) is 4.88 Å². The van der Waals surface area contributed by atoms with Crippen LogP contribution in [-0.4, -0.2) is 18.6 Å². The average Bonchev–Trinajstić information content (AvgIpc) is 2.84. The number of aromatic nitrogens is 1. The third-order valence-corrected chi connectivity index (χ3v) is 3.29. The molecule has 0 saturated carbocycles. The van der Waals surface area contributed by atoms with E-state index in [9.17, 15) is 0 Å². The van der Waals surface area contributed by atoms with Gasteiger partial charge in [0.15, 0.2) is 5.82 Å². The predicted molar refractivity (Wildman–Crippen MR) is 71.7 cm³/mol. The molecule has 3 N–H and O–H groups in total. The van der Waals surface area contributed by atoms with Crippen molar-refractivity contribution in [3.8, 4) is 5.88 Å². The summed E-state index contributed by atoms with van der Waals surface area (Å²) < 4.78 is 5.06. The number of hydrogen-bond donors (Lipinski definition) is 2. The van der Waals surface area contributed by atoms with Gasteiger partial charge in [-0.1, -0.05) is 6.07 Å². The summed E-state index contributed by atoms with van der Waals surface area (Å²) in [5, 5.41) is 5.29. The van der Waals surface area contributed by atoms with Crippen LogP contribution in [0.3, 0.4) is 0 Å². The fourth-order valence-corrected chi connectivity index (χ4v) is 2.18. The molecular formula is C12H15N3OS. The first kappa shape index (κ1) is 11.7. The molecule has 2 aromatic heterocycles. The minimum absolute atomic E-state index is 0.567. The van der Waals surface area contributed by atoms with Crippen LogP contribution in [0.2, 0.25) is 0 Å². The second-order valence-corrected chi connectivity index (χ2v) is 4.58. The van der Waals surface area contributed by atoms with Crippen LogP contribution in [0.15, 0.2) is 29.6 Å². The van der Waals surface area contributed by atoms with Gasteiger partial charge in [0.1, 0.15) is 0 Å². The summed E-state index contributed by atoms with van der Waals surface area (Å²) in [5.41, 5.74) is 6.46. The fourth-order valence-electron chi connectivity index (χ4n) is 1.47. The van der Waals surface area contributed by atoms with Crippen molar-refractivity contribution >= 4 is 22.8 Å². The number of nitrogens with two attached hydrogens (primary N) is 1. The molecule has 2 rings (SSSR count). The first-order valence-electron chi connectivity index (χ1n) is 5.36. The van der Waals surface area contributed by atoms with Crippen molar-refractivity contribution in [1.82, 2.24) is 4.98 Å². The molecule has 0 aliphatic heterocycles. The maximum absolute atomic E-state index is 5.83. The zero-order chi connectivity index (χ0) is 12.1. The number of rotatable bonds is 5. The average molecular weight is 249 g/mol. The zero-order valence-corrected chi connectivity index (χ0v) is 10.5. The van der Waals surface area contributed by atoms with E-state index in [1.165, 1.54) is 4.88 Å². The second-order valence-electron chi connectivity index (χ2n) is 3.55. The van der Waals surface area contributed by atoms with Crippen LogP contribution in [0.5, 0.6) is 5.88 Å². The van der Waals surface area contributed by atoms with Crippen LogP contribution in [-0.2, 0) is 6.42 Å². The molecule has 2 heterocycles. The molecule has 0 unspecified atom stereocenters. The quantitative estimate of drug-likeness (QED) is 0.854. The number of thiophene rings is 1. The Labute approximate surface area is 104 Å². The van der Waals surface area contributed by atoms with Gasteiger partial charge in [-0.15, -0.1) is 11.3 Å². The highest BCUT2D eigenvalue weighted by molar-refractivity contribution is 7.09. The highest BCUT2D eigenvalue weighted by atomic mass is 32.1. The Bertz CT molecular complexity index is 471. The van der Waals surface area contributed by atoms with Crippen molar-refractivity contribution in [3.05, 3.63) is 34.5 Å². The summed E-state index contributed by atoms with van der Waals surface area (Å²) in [4.78, 5) is 5.60. The number of nitrogens with one attached hydrogen (secondary N) is 1. The van der Waals surface area contributed by atoms with E-state index in [2.05, 4.69) is 27.8 Å². The lowest BCUT2D eigenvalue weighted by atomic mass is 10.3. The van der Waals surface area contributed by atoms with Gasteiger partial charge >= 0.3 is 0 Å². The first-order valence-corrected chi connectivity index (χ1v) is 6.24. The van der Waals surface area contributed by atoms with Gasteiger partial charge in [0.05, 0.1) is 12.8 Å². The Morgan fingerprint density at radius 1 is 1.41 bits per heavy atom. The van der Waals surface area contributed by atoms with Crippen LogP contribution >= 0.6 is 11.3 Å². The maximum Gasteiger partial charge on any atom is 0.215 e. The molecule has 2 aromatic rings. The molecule has 0 aliphatic carbocycles. The molecule has 4 nitrogen and oxygen atoms in total. The van der Waals surface area contributed by atoms with Gasteiger partial charge in [0.25, 0.3) is 0 Å². The van der Waals surface area contributed by atoms with E-state index >= 15 is 0 Å². The Kier molecular flexibility index (Phi) is 3.82. The number of ether oxygens (including phenoxy) is 1. The van der Waals surface area contributed by atoms with E-state index in [0.29, 0.717) is 17.4 Å². The highest BCUT2D eigenvalue weighted by Crippen LogP contribution is 2.19. The summed E-state index contributed by atoms with van der Waals surface area (Å²) in [5.74, 6) is 1.25. The standard InChI is InChI=1S/C12H15N3OS/c1-16-11-5-4-10(13)12(15-11)14-7-6-9-3-2-8-17-9/h2-5,8H,6-7,13H2,1H3,(H,14,15). The highest BCUT2D eigenvalue weighted by Gasteiger charge is 2.02. The van der Waals surface area contributed by atoms with E-state index in [1.807, 2.05) is 0 Å². The predicted octanol–water partition coefficient (Wildman–Crippen LogP) is 2.39. The van der Waals surface area contributed by atoms with E-state index in [0.717, 1.165) is 13.0 Å². The van der Waals surface area contributed by atoms with Crippen LogP contribution in [0.25, 0.3) is 0 Å². The Morgan fingerprint density at radius 3 is 3.00 bits per heavy atom. The number of methoxy groups -OCH3 is 1. The smallest absolute Gasteiger partial charge is 0.215 e. The second kappa shape index (κ2) is 5.54. The number of pyridine rings is 1. The first-order chi connectivity index (χ1) is 8.29. The van der Waals surface area contributed by atoms with Gasteiger partial charge in [0.2, 0.25) is 5.88 Å². The number of nitrogens with zero attached hydrogens (tertiary/aromatic N) is 1. The third kappa shape index (κ3) is 3.10. The van der Waals surface area contributed by atoms with Gasteiger partial charge in [-0.2, -0.15) is 4.98 Å². The van der Waals surface area contributed by atoms with Crippen molar-refractivity contribution in [3.63, 3.8) is 0 Å². The Morgan fingerprint density at radius 2 is 2.29 bits per heavy atom. The maximum atomic E-state index is 5.83. The molecule has 0 amide bonds. The topological polar surface area (TPSA) is 60.2 Å². The summed E-state index contributed by atoms with van der Waals surface area (Å²) in [7, 11) is 1.59. The molecule has 0 aliphatic rings. The van der Waals surface area contributed by atoms with E-state index in [4.69, 9.17) is 10.5 Å². The Balaban J connectivity index is 1.94. The number of nitrogen functional groups attached to an aromatic ring is 1. The summed E-state index contributed by atoms with van der Waals surface area (Å²) in [6.45, 7) is 0.810. The molecule has 17 heavy (non-hydrogen) atoms. The van der Waals surface area contributed by atoms with Crippen molar-refractivity contribution in [2.45, 2.75) is 6.42 Å². The molecular weight excluding hydrogens is 234 g/mol. The molecule has 5 heteroatoms. The molecule has 0 atom stereocenters. The van der Waals surface area contributed by atoms with E-state index < -0.39 is 0 Å². The van der Waals surface area contributed by atoms with Crippen LogP contribution < -0.4 is 15.8 Å². The molecule has 0 fully saturated rings. The monoisotopic (exact) mass is 249 g/mol. The molecule has 0 bridgehead atoms. The van der Waals surface area contributed by atoms with Gasteiger partial charge in [0, 0.05) is 17.5 Å². The lowest BCUT2D eigenvalue weighted by molar-refractivity contribution is 0.398. The third-order valence-electron chi connectivity index (χ3n) is 2.35. The molecule has 90 valence electrons. The summed E-state index contributed by atoms with van der Waals surface area (Å²) in [6, 6.07) is 7.71. The van der Waals surface area contributed by atoms with Crippen molar-refractivity contribution in [1.29, 1.82) is 0 Å². The molecule has 0 aromatic carbocycles. The minimum atomic E-state index is 0.567. The zero-order valence-electron chi connectivity index (χ0n) is 9.64. The largest absolute Gasteiger partial charge is 0.481 e. The SMILES string of the molecule is COc1ccc(N)c(NCCc2cccs2)n1. The van der Waals surface area contributed by atoms with Gasteiger partial charge < -0.3 is 15.8 Å². The van der Waals surface area contributed by atoms with Crippen LogP contribution in [0.4, 0.5) is 11.5 Å². The lowest BCUT2D eigenvalue weighted by Gasteiger charge is -2.09. The summed E-state index contributed by atoms with van der Waals surface area (Å²) >= 11 is 1.75. The molecule has 0 saturated heterocycles. The number of hydrogen-bond acceptors (Lipinski definition) is 5. The van der Waals surface area contributed by atoms with Crippen LogP contribution in [0, 0.1) is 0 Å². The minimum Gasteiger partial charge on any atom is -0.481 e. The number of anilines is 2. The van der Waals surface area contributed by atoms with Gasteiger partial charge in [-0.3, -0.25) is 0 Å². The lowest BCUT2D eigenvalue weighted by Crippen LogP contribution is -2.08. The van der Waals surface area contributed by atoms with E-state index in [1.54, 1.807) is 30.6 Å². The van der Waals surface area contributed by atoms with Crippen molar-refractivity contribution in [2.75, 3.05) is 24.7 Å².